The molecule has 1 aliphatic rings. The van der Waals surface area contributed by atoms with Crippen molar-refractivity contribution in [3.63, 3.8) is 0 Å². The molecule has 4 heterocycles. The highest BCUT2D eigenvalue weighted by atomic mass is 32.1. The lowest BCUT2D eigenvalue weighted by Gasteiger charge is -2.32. The van der Waals surface area contributed by atoms with E-state index in [9.17, 15) is 4.79 Å². The second kappa shape index (κ2) is 7.91. The molecule has 0 bridgehead atoms. The first kappa shape index (κ1) is 18.8. The smallest absolute Gasteiger partial charge is 0.289 e. The molecule has 0 spiro atoms. The largest absolute Gasteiger partial charge is 0.459 e. The molecule has 0 saturated carbocycles. The van der Waals surface area contributed by atoms with Gasteiger partial charge >= 0.3 is 0 Å². The van der Waals surface area contributed by atoms with Crippen LogP contribution in [0.25, 0.3) is 21.3 Å². The monoisotopic (exact) mass is 418 g/mol. The number of nitrogens with one attached hydrogen (secondary N) is 1. The van der Waals surface area contributed by atoms with Crippen molar-refractivity contribution >= 4 is 33.3 Å². The van der Waals surface area contributed by atoms with Crippen molar-refractivity contribution in [2.75, 3.05) is 18.4 Å². The topological polar surface area (TPSA) is 71.3 Å². The Morgan fingerprint density at radius 3 is 2.70 bits per heavy atom. The Kier molecular flexibility index (Phi) is 4.96. The number of hydrogen-bond acceptors (Lipinski definition) is 6. The fraction of sp³-hybridized carbons (Fsp3) is 0.261. The van der Waals surface area contributed by atoms with Gasteiger partial charge in [-0.15, -0.1) is 11.3 Å². The van der Waals surface area contributed by atoms with Gasteiger partial charge in [0.05, 0.1) is 11.6 Å². The van der Waals surface area contributed by atoms with Gasteiger partial charge in [-0.25, -0.2) is 9.97 Å². The number of aromatic nitrogens is 2. The molecule has 4 aromatic rings. The summed E-state index contributed by atoms with van der Waals surface area (Å²) < 4.78 is 5.25. The molecule has 30 heavy (non-hydrogen) atoms. The summed E-state index contributed by atoms with van der Waals surface area (Å²) in [6, 6.07) is 12.3. The third-order valence-corrected chi connectivity index (χ3v) is 6.47. The summed E-state index contributed by atoms with van der Waals surface area (Å²) in [5, 5.41) is 6.84. The van der Waals surface area contributed by atoms with Gasteiger partial charge in [0.25, 0.3) is 5.91 Å². The van der Waals surface area contributed by atoms with Gasteiger partial charge in [-0.3, -0.25) is 4.79 Å². The standard InChI is InChI=1S/C23H22N4O2S/c1-15-4-6-16(7-5-15)18-13-30-22-20(18)21(24-14-25-22)26-17-8-10-27(11-9-17)23(28)19-3-2-12-29-19/h2-7,12-14,17H,8-11H2,1H3,(H,24,25,26). The van der Waals surface area contributed by atoms with Gasteiger partial charge in [-0.1, -0.05) is 29.8 Å². The molecule has 0 atom stereocenters. The predicted molar refractivity (Wildman–Crippen MR) is 119 cm³/mol. The first-order valence-corrected chi connectivity index (χ1v) is 11.0. The van der Waals surface area contributed by atoms with Crippen LogP contribution in [0.2, 0.25) is 0 Å². The maximum absolute atomic E-state index is 12.5. The zero-order valence-corrected chi connectivity index (χ0v) is 17.5. The van der Waals surface area contributed by atoms with Gasteiger partial charge in [0.15, 0.2) is 5.76 Å². The van der Waals surface area contributed by atoms with Crippen molar-refractivity contribution in [2.24, 2.45) is 0 Å². The molecule has 1 aliphatic heterocycles. The summed E-state index contributed by atoms with van der Waals surface area (Å²) in [6.07, 6.45) is 4.88. The highest BCUT2D eigenvalue weighted by Crippen LogP contribution is 2.37. The van der Waals surface area contributed by atoms with Crippen LogP contribution in [0.15, 0.2) is 58.8 Å². The zero-order chi connectivity index (χ0) is 20.5. The van der Waals surface area contributed by atoms with Gasteiger partial charge in [-0.05, 0) is 37.5 Å². The van der Waals surface area contributed by atoms with E-state index in [-0.39, 0.29) is 11.9 Å². The fourth-order valence-electron chi connectivity index (χ4n) is 3.91. The molecular formula is C23H22N4O2S. The van der Waals surface area contributed by atoms with E-state index in [2.05, 4.69) is 51.9 Å². The van der Waals surface area contributed by atoms with Gasteiger partial charge in [0, 0.05) is 30.1 Å². The number of nitrogens with zero attached hydrogens (tertiary/aromatic N) is 3. The van der Waals surface area contributed by atoms with E-state index in [0.717, 1.165) is 34.4 Å². The highest BCUT2D eigenvalue weighted by Gasteiger charge is 2.26. The number of furan rings is 1. The van der Waals surface area contributed by atoms with E-state index in [1.165, 1.54) is 17.4 Å². The van der Waals surface area contributed by atoms with Crippen LogP contribution in [-0.2, 0) is 0 Å². The first-order chi connectivity index (χ1) is 14.7. The summed E-state index contributed by atoms with van der Waals surface area (Å²) >= 11 is 1.64. The van der Waals surface area contributed by atoms with E-state index >= 15 is 0 Å². The lowest BCUT2D eigenvalue weighted by atomic mass is 10.0. The highest BCUT2D eigenvalue weighted by molar-refractivity contribution is 7.17. The summed E-state index contributed by atoms with van der Waals surface area (Å²) in [5.41, 5.74) is 3.57. The number of thiophene rings is 1. The minimum absolute atomic E-state index is 0.0395. The van der Waals surface area contributed by atoms with Crippen LogP contribution in [-0.4, -0.2) is 39.9 Å². The molecule has 1 aromatic carbocycles. The molecule has 5 rings (SSSR count). The van der Waals surface area contributed by atoms with Crippen molar-refractivity contribution in [2.45, 2.75) is 25.8 Å². The molecule has 152 valence electrons. The Labute approximate surface area is 178 Å². The average Bonchev–Trinajstić information content (AvgIpc) is 3.45. The normalized spacial score (nSPS) is 14.9. The number of carbonyl (C=O) groups is 1. The SMILES string of the molecule is Cc1ccc(-c2csc3ncnc(NC4CCN(C(=O)c5ccco5)CC4)c23)cc1. The first-order valence-electron chi connectivity index (χ1n) is 10.1. The number of amides is 1. The molecular weight excluding hydrogens is 396 g/mol. The number of anilines is 1. The molecule has 1 fully saturated rings. The molecule has 0 radical (unpaired) electrons. The minimum Gasteiger partial charge on any atom is -0.459 e. The maximum atomic E-state index is 12.5. The summed E-state index contributed by atoms with van der Waals surface area (Å²) in [4.78, 5) is 24.3. The van der Waals surface area contributed by atoms with Crippen molar-refractivity contribution in [1.29, 1.82) is 0 Å². The van der Waals surface area contributed by atoms with Crippen LogP contribution >= 0.6 is 11.3 Å². The van der Waals surface area contributed by atoms with Crippen LogP contribution in [0.5, 0.6) is 0 Å². The molecule has 0 aliphatic carbocycles. The number of piperidine rings is 1. The maximum Gasteiger partial charge on any atom is 0.289 e. The molecule has 6 nitrogen and oxygen atoms in total. The Morgan fingerprint density at radius 2 is 1.97 bits per heavy atom. The zero-order valence-electron chi connectivity index (χ0n) is 16.7. The quantitative estimate of drug-likeness (QED) is 0.506. The van der Waals surface area contributed by atoms with Crippen molar-refractivity contribution in [1.82, 2.24) is 14.9 Å². The molecule has 1 amide bonds. The fourth-order valence-corrected chi connectivity index (χ4v) is 4.82. The lowest BCUT2D eigenvalue weighted by Crippen LogP contribution is -2.42. The second-order valence-electron chi connectivity index (χ2n) is 7.61. The molecule has 0 unspecified atom stereocenters. The molecule has 7 heteroatoms. The Bertz CT molecular complexity index is 1160. The third kappa shape index (κ3) is 3.57. The van der Waals surface area contributed by atoms with E-state index in [1.54, 1.807) is 29.8 Å². The Balaban J connectivity index is 1.34. The average molecular weight is 419 g/mol. The van der Waals surface area contributed by atoms with Crippen molar-refractivity contribution in [3.05, 3.63) is 65.7 Å². The number of benzene rings is 1. The van der Waals surface area contributed by atoms with Crippen LogP contribution < -0.4 is 5.32 Å². The Hall–Kier alpha value is -3.19. The lowest BCUT2D eigenvalue weighted by molar-refractivity contribution is 0.0686. The molecule has 1 saturated heterocycles. The van der Waals surface area contributed by atoms with Crippen molar-refractivity contribution in [3.8, 4) is 11.1 Å². The van der Waals surface area contributed by atoms with Crippen LogP contribution in [0.1, 0.15) is 29.0 Å². The van der Waals surface area contributed by atoms with Gasteiger partial charge in [0.2, 0.25) is 0 Å². The van der Waals surface area contributed by atoms with E-state index in [1.807, 2.05) is 4.90 Å². The van der Waals surface area contributed by atoms with E-state index < -0.39 is 0 Å². The van der Waals surface area contributed by atoms with Crippen molar-refractivity contribution < 1.29 is 9.21 Å². The number of fused-ring (bicyclic) bond motifs is 1. The van der Waals surface area contributed by atoms with Crippen LogP contribution in [0.4, 0.5) is 5.82 Å². The number of rotatable bonds is 4. The number of likely N-dealkylation sites (tertiary alicyclic amines) is 1. The van der Waals surface area contributed by atoms with Gasteiger partial charge in [0.1, 0.15) is 17.0 Å². The summed E-state index contributed by atoms with van der Waals surface area (Å²) in [7, 11) is 0. The van der Waals surface area contributed by atoms with Crippen LogP contribution in [0, 0.1) is 6.92 Å². The van der Waals surface area contributed by atoms with E-state index in [0.29, 0.717) is 18.8 Å². The number of hydrogen-bond donors (Lipinski definition) is 1. The van der Waals surface area contributed by atoms with E-state index in [4.69, 9.17) is 4.42 Å². The van der Waals surface area contributed by atoms with Gasteiger partial charge in [-0.2, -0.15) is 0 Å². The number of aryl methyl sites for hydroxylation is 1. The van der Waals surface area contributed by atoms with Crippen LogP contribution in [0.3, 0.4) is 0 Å². The number of carbonyl (C=O) groups excluding carboxylic acids is 1. The molecule has 1 N–H and O–H groups in total. The summed E-state index contributed by atoms with van der Waals surface area (Å²) in [5.74, 6) is 1.23. The minimum atomic E-state index is -0.0395. The predicted octanol–water partition coefficient (Wildman–Crippen LogP) is 4.98. The second-order valence-corrected chi connectivity index (χ2v) is 8.46. The molecule has 3 aromatic heterocycles. The Morgan fingerprint density at radius 1 is 1.17 bits per heavy atom. The summed E-state index contributed by atoms with van der Waals surface area (Å²) in [6.45, 7) is 3.48. The van der Waals surface area contributed by atoms with Gasteiger partial charge < -0.3 is 14.6 Å². The third-order valence-electron chi connectivity index (χ3n) is 5.59.